The highest BCUT2D eigenvalue weighted by molar-refractivity contribution is 6.30. The first kappa shape index (κ1) is 13.7. The zero-order valence-electron chi connectivity index (χ0n) is 11.5. The van der Waals surface area contributed by atoms with Gasteiger partial charge >= 0.3 is 0 Å². The van der Waals surface area contributed by atoms with E-state index in [1.807, 2.05) is 12.1 Å². The number of fused-ring (bicyclic) bond motifs is 1. The quantitative estimate of drug-likeness (QED) is 0.664. The van der Waals surface area contributed by atoms with Gasteiger partial charge in [-0.3, -0.25) is 10.3 Å². The summed E-state index contributed by atoms with van der Waals surface area (Å²) >= 11 is 6.19. The van der Waals surface area contributed by atoms with Crippen LogP contribution in [0.2, 0.25) is 5.02 Å². The molecule has 5 heteroatoms. The number of piperidine rings is 1. The SMILES string of the molecule is N=C(N)C1CCN(Cc2cc(Cl)cc3c2OCC3)CC1. The van der Waals surface area contributed by atoms with Crippen LogP contribution >= 0.6 is 11.6 Å². The predicted molar refractivity (Wildman–Crippen MR) is 80.6 cm³/mol. The van der Waals surface area contributed by atoms with Crippen LogP contribution in [0.25, 0.3) is 0 Å². The molecule has 4 nitrogen and oxygen atoms in total. The first-order chi connectivity index (χ1) is 9.63. The fourth-order valence-electron chi connectivity index (χ4n) is 3.11. The van der Waals surface area contributed by atoms with Crippen molar-refractivity contribution in [3.05, 3.63) is 28.3 Å². The summed E-state index contributed by atoms with van der Waals surface area (Å²) in [7, 11) is 0. The monoisotopic (exact) mass is 293 g/mol. The molecule has 0 saturated carbocycles. The molecule has 2 heterocycles. The van der Waals surface area contributed by atoms with E-state index in [2.05, 4.69) is 4.90 Å². The van der Waals surface area contributed by atoms with Crippen molar-refractivity contribution in [2.24, 2.45) is 11.7 Å². The maximum Gasteiger partial charge on any atom is 0.127 e. The predicted octanol–water partition coefficient (Wildman–Crippen LogP) is 2.42. The van der Waals surface area contributed by atoms with Crippen LogP contribution in [-0.4, -0.2) is 30.4 Å². The Kier molecular flexibility index (Phi) is 3.85. The van der Waals surface area contributed by atoms with Crippen LogP contribution in [0.1, 0.15) is 24.0 Å². The maximum atomic E-state index is 7.53. The number of hydrogen-bond acceptors (Lipinski definition) is 3. The Morgan fingerprint density at radius 3 is 2.85 bits per heavy atom. The molecule has 108 valence electrons. The summed E-state index contributed by atoms with van der Waals surface area (Å²) in [5.74, 6) is 1.62. The first-order valence-corrected chi connectivity index (χ1v) is 7.51. The van der Waals surface area contributed by atoms with Gasteiger partial charge in [-0.25, -0.2) is 0 Å². The van der Waals surface area contributed by atoms with Gasteiger partial charge in [0.2, 0.25) is 0 Å². The Morgan fingerprint density at radius 1 is 1.40 bits per heavy atom. The van der Waals surface area contributed by atoms with E-state index in [4.69, 9.17) is 27.5 Å². The van der Waals surface area contributed by atoms with E-state index in [1.165, 1.54) is 11.1 Å². The molecule has 3 rings (SSSR count). The average molecular weight is 294 g/mol. The van der Waals surface area contributed by atoms with Gasteiger partial charge in [0.15, 0.2) is 0 Å². The van der Waals surface area contributed by atoms with E-state index in [9.17, 15) is 0 Å². The summed E-state index contributed by atoms with van der Waals surface area (Å²) in [6.45, 7) is 3.58. The minimum Gasteiger partial charge on any atom is -0.493 e. The van der Waals surface area contributed by atoms with E-state index >= 15 is 0 Å². The fraction of sp³-hybridized carbons (Fsp3) is 0.533. The number of nitrogens with one attached hydrogen (secondary N) is 1. The average Bonchev–Trinajstić information content (AvgIpc) is 2.87. The molecular formula is C15H20ClN3O. The standard InChI is InChI=1S/C15H20ClN3O/c16-13-7-11-3-6-20-14(11)12(8-13)9-19-4-1-10(2-5-19)15(17)18/h7-8,10H,1-6,9H2,(H3,17,18). The van der Waals surface area contributed by atoms with Crippen molar-refractivity contribution in [1.82, 2.24) is 4.90 Å². The number of benzene rings is 1. The lowest BCUT2D eigenvalue weighted by atomic mass is 9.95. The summed E-state index contributed by atoms with van der Waals surface area (Å²) in [5, 5.41) is 8.32. The second-order valence-corrected chi connectivity index (χ2v) is 6.09. The lowest BCUT2D eigenvalue weighted by Crippen LogP contribution is -2.37. The topological polar surface area (TPSA) is 62.3 Å². The third-order valence-electron chi connectivity index (χ3n) is 4.25. The van der Waals surface area contributed by atoms with Crippen LogP contribution in [-0.2, 0) is 13.0 Å². The van der Waals surface area contributed by atoms with Gasteiger partial charge in [0.25, 0.3) is 0 Å². The fourth-order valence-corrected chi connectivity index (χ4v) is 3.37. The van der Waals surface area contributed by atoms with Crippen LogP contribution < -0.4 is 10.5 Å². The van der Waals surface area contributed by atoms with Gasteiger partial charge in [-0.15, -0.1) is 0 Å². The number of hydrogen-bond donors (Lipinski definition) is 2. The van der Waals surface area contributed by atoms with Gasteiger partial charge in [-0.05, 0) is 43.6 Å². The largest absolute Gasteiger partial charge is 0.493 e. The molecular weight excluding hydrogens is 274 g/mol. The zero-order chi connectivity index (χ0) is 14.1. The maximum absolute atomic E-state index is 7.53. The Balaban J connectivity index is 1.69. The van der Waals surface area contributed by atoms with E-state index in [-0.39, 0.29) is 5.92 Å². The number of likely N-dealkylation sites (tertiary alicyclic amines) is 1. The molecule has 1 fully saturated rings. The van der Waals surface area contributed by atoms with Crippen molar-refractivity contribution in [1.29, 1.82) is 5.41 Å². The molecule has 0 unspecified atom stereocenters. The van der Waals surface area contributed by atoms with E-state index in [1.54, 1.807) is 0 Å². The molecule has 0 atom stereocenters. The molecule has 2 aliphatic heterocycles. The lowest BCUT2D eigenvalue weighted by Gasteiger charge is -2.31. The minimum absolute atomic E-state index is 0.257. The summed E-state index contributed by atoms with van der Waals surface area (Å²) in [5.41, 5.74) is 8.00. The molecule has 2 aliphatic rings. The molecule has 0 aliphatic carbocycles. The molecule has 3 N–H and O–H groups in total. The molecule has 1 saturated heterocycles. The molecule has 0 aromatic heterocycles. The number of rotatable bonds is 3. The molecule has 1 aromatic rings. The van der Waals surface area contributed by atoms with Crippen molar-refractivity contribution >= 4 is 17.4 Å². The summed E-state index contributed by atoms with van der Waals surface area (Å²) < 4.78 is 5.75. The van der Waals surface area contributed by atoms with Crippen LogP contribution in [0.15, 0.2) is 12.1 Å². The third-order valence-corrected chi connectivity index (χ3v) is 4.46. The van der Waals surface area contributed by atoms with Crippen molar-refractivity contribution in [2.45, 2.75) is 25.8 Å². The highest BCUT2D eigenvalue weighted by Crippen LogP contribution is 2.34. The lowest BCUT2D eigenvalue weighted by molar-refractivity contribution is 0.198. The molecule has 0 bridgehead atoms. The zero-order valence-corrected chi connectivity index (χ0v) is 12.2. The van der Waals surface area contributed by atoms with E-state index in [0.29, 0.717) is 5.84 Å². The summed E-state index contributed by atoms with van der Waals surface area (Å²) in [6, 6.07) is 4.03. The van der Waals surface area contributed by atoms with Gasteiger partial charge in [-0.2, -0.15) is 0 Å². The van der Waals surface area contributed by atoms with Crippen molar-refractivity contribution < 1.29 is 4.74 Å². The molecule has 0 radical (unpaired) electrons. The smallest absolute Gasteiger partial charge is 0.127 e. The normalized spacial score (nSPS) is 19.6. The Hall–Kier alpha value is -1.26. The molecule has 0 amide bonds. The highest BCUT2D eigenvalue weighted by atomic mass is 35.5. The Morgan fingerprint density at radius 2 is 2.15 bits per heavy atom. The number of halogens is 1. The van der Waals surface area contributed by atoms with Crippen molar-refractivity contribution in [3.8, 4) is 5.75 Å². The number of ether oxygens (including phenoxy) is 1. The number of nitrogens with zero attached hydrogens (tertiary/aromatic N) is 1. The van der Waals surface area contributed by atoms with Crippen molar-refractivity contribution in [2.75, 3.05) is 19.7 Å². The second-order valence-electron chi connectivity index (χ2n) is 5.66. The molecule has 1 aromatic carbocycles. The number of nitrogens with two attached hydrogens (primary N) is 1. The first-order valence-electron chi connectivity index (χ1n) is 7.14. The van der Waals surface area contributed by atoms with Gasteiger partial charge in [0.05, 0.1) is 12.4 Å². The van der Waals surface area contributed by atoms with Crippen LogP contribution in [0.5, 0.6) is 5.75 Å². The van der Waals surface area contributed by atoms with Crippen LogP contribution in [0.3, 0.4) is 0 Å². The van der Waals surface area contributed by atoms with E-state index < -0.39 is 0 Å². The summed E-state index contributed by atoms with van der Waals surface area (Å²) in [4.78, 5) is 2.40. The van der Waals surface area contributed by atoms with Gasteiger partial charge in [0, 0.05) is 29.5 Å². The summed E-state index contributed by atoms with van der Waals surface area (Å²) in [6.07, 6.45) is 2.90. The molecule has 20 heavy (non-hydrogen) atoms. The Bertz CT molecular complexity index is 524. The van der Waals surface area contributed by atoms with Gasteiger partial charge in [-0.1, -0.05) is 11.6 Å². The van der Waals surface area contributed by atoms with E-state index in [0.717, 1.165) is 56.3 Å². The molecule has 0 spiro atoms. The highest BCUT2D eigenvalue weighted by Gasteiger charge is 2.24. The van der Waals surface area contributed by atoms with Gasteiger partial charge < -0.3 is 10.5 Å². The Labute approximate surface area is 124 Å². The minimum atomic E-state index is 0.257. The third kappa shape index (κ3) is 2.76. The van der Waals surface area contributed by atoms with Gasteiger partial charge in [0.1, 0.15) is 5.75 Å². The van der Waals surface area contributed by atoms with Crippen LogP contribution in [0, 0.1) is 11.3 Å². The van der Waals surface area contributed by atoms with Crippen molar-refractivity contribution in [3.63, 3.8) is 0 Å². The van der Waals surface area contributed by atoms with Crippen LogP contribution in [0.4, 0.5) is 0 Å². The second kappa shape index (κ2) is 5.62. The number of amidine groups is 1.